The number of likely N-dealkylation sites (tertiary alicyclic amines) is 1. The Kier molecular flexibility index (Phi) is 6.32. The lowest BCUT2D eigenvalue weighted by Gasteiger charge is -2.29. The third kappa shape index (κ3) is 4.42. The summed E-state index contributed by atoms with van der Waals surface area (Å²) < 4.78 is 28.7. The van der Waals surface area contributed by atoms with Gasteiger partial charge in [0.25, 0.3) is 0 Å². The van der Waals surface area contributed by atoms with Crippen LogP contribution in [0.2, 0.25) is 0 Å². The Bertz CT molecular complexity index is 1190. The summed E-state index contributed by atoms with van der Waals surface area (Å²) in [5.41, 5.74) is 4.41. The van der Waals surface area contributed by atoms with Gasteiger partial charge in [-0.25, -0.2) is 14.1 Å². The first-order valence-electron chi connectivity index (χ1n) is 11.7. The van der Waals surface area contributed by atoms with Gasteiger partial charge in [-0.2, -0.15) is 10.2 Å². The molecule has 2 aliphatic rings. The fraction of sp³-hybridized carbons (Fsp3) is 0.500. The van der Waals surface area contributed by atoms with Crippen molar-refractivity contribution >= 4 is 5.91 Å². The van der Waals surface area contributed by atoms with E-state index in [0.29, 0.717) is 37.7 Å². The summed E-state index contributed by atoms with van der Waals surface area (Å²) in [6, 6.07) is 1.39. The van der Waals surface area contributed by atoms with E-state index in [0.717, 1.165) is 54.9 Å². The molecular weight excluding hydrogens is 439 g/mol. The van der Waals surface area contributed by atoms with Crippen LogP contribution in [0.1, 0.15) is 30.5 Å². The normalized spacial score (nSPS) is 18.6. The van der Waals surface area contributed by atoms with Crippen LogP contribution in [0.15, 0.2) is 24.7 Å². The lowest BCUT2D eigenvalue weighted by molar-refractivity contribution is -0.133. The molecule has 5 heterocycles. The van der Waals surface area contributed by atoms with Crippen LogP contribution in [0.5, 0.6) is 5.88 Å². The summed E-state index contributed by atoms with van der Waals surface area (Å²) in [7, 11) is 3.26. The number of ether oxygens (including phenoxy) is 2. The molecule has 0 radical (unpaired) electrons. The van der Waals surface area contributed by atoms with Gasteiger partial charge in [-0.05, 0) is 25.2 Å². The van der Waals surface area contributed by atoms with Crippen LogP contribution in [-0.4, -0.2) is 69.3 Å². The van der Waals surface area contributed by atoms with Crippen LogP contribution in [0.25, 0.3) is 16.9 Å². The molecule has 3 aromatic heterocycles. The van der Waals surface area contributed by atoms with Crippen molar-refractivity contribution in [3.63, 3.8) is 0 Å². The number of carbonyl (C=O) groups excluding carboxylic acids is 1. The molecular formula is C24H29FN6O3. The summed E-state index contributed by atoms with van der Waals surface area (Å²) in [6.45, 7) is 2.79. The van der Waals surface area contributed by atoms with E-state index in [4.69, 9.17) is 14.6 Å². The molecule has 1 saturated heterocycles. The predicted molar refractivity (Wildman–Crippen MR) is 122 cm³/mol. The van der Waals surface area contributed by atoms with Crippen LogP contribution in [0.3, 0.4) is 0 Å². The van der Waals surface area contributed by atoms with Gasteiger partial charge in [0.1, 0.15) is 0 Å². The van der Waals surface area contributed by atoms with Gasteiger partial charge in [0.05, 0.1) is 49.8 Å². The van der Waals surface area contributed by atoms with Gasteiger partial charge < -0.3 is 14.4 Å². The molecule has 5 rings (SSSR count). The Morgan fingerprint density at radius 2 is 2.09 bits per heavy atom. The minimum absolute atomic E-state index is 0.0413. The first-order chi connectivity index (χ1) is 16.5. The standard InChI is InChI=1S/C24H29FN6O3/c1-29-14-16(3-4-22(29)32)5-8-30-15-17(12-27-30)23-19-6-9-34-10-7-21(19)31(28-23)18-11-20(25)24(33-2)26-13-18/h11-13,15-16H,3-10,14H2,1-2H3. The van der Waals surface area contributed by atoms with E-state index < -0.39 is 5.82 Å². The van der Waals surface area contributed by atoms with Crippen LogP contribution < -0.4 is 4.74 Å². The number of carbonyl (C=O) groups is 1. The van der Waals surface area contributed by atoms with Crippen molar-refractivity contribution in [2.45, 2.75) is 38.6 Å². The maximum Gasteiger partial charge on any atom is 0.250 e. The summed E-state index contributed by atoms with van der Waals surface area (Å²) in [4.78, 5) is 17.6. The molecule has 3 aromatic rings. The second-order valence-electron chi connectivity index (χ2n) is 8.94. The van der Waals surface area contributed by atoms with Crippen molar-refractivity contribution in [3.05, 3.63) is 41.7 Å². The molecule has 1 fully saturated rings. The zero-order valence-corrected chi connectivity index (χ0v) is 19.5. The number of methoxy groups -OCH3 is 1. The third-order valence-electron chi connectivity index (χ3n) is 6.70. The van der Waals surface area contributed by atoms with E-state index in [1.807, 2.05) is 29.0 Å². The van der Waals surface area contributed by atoms with Crippen molar-refractivity contribution < 1.29 is 18.7 Å². The molecule has 10 heteroatoms. The van der Waals surface area contributed by atoms with Crippen molar-refractivity contribution in [1.29, 1.82) is 0 Å². The van der Waals surface area contributed by atoms with Gasteiger partial charge in [0, 0.05) is 56.4 Å². The van der Waals surface area contributed by atoms with Gasteiger partial charge in [-0.15, -0.1) is 0 Å². The second kappa shape index (κ2) is 9.54. The quantitative estimate of drug-likeness (QED) is 0.553. The predicted octanol–water partition coefficient (Wildman–Crippen LogP) is 2.65. The lowest BCUT2D eigenvalue weighted by Crippen LogP contribution is -2.37. The Balaban J connectivity index is 1.40. The van der Waals surface area contributed by atoms with Gasteiger partial charge in [0.2, 0.25) is 11.8 Å². The fourth-order valence-electron chi connectivity index (χ4n) is 4.83. The number of aromatic nitrogens is 5. The number of nitrogens with zero attached hydrogens (tertiary/aromatic N) is 6. The zero-order valence-electron chi connectivity index (χ0n) is 19.5. The molecule has 0 aliphatic carbocycles. The number of hydrogen-bond acceptors (Lipinski definition) is 6. The summed E-state index contributed by atoms with van der Waals surface area (Å²) in [5, 5.41) is 9.44. The number of piperidine rings is 1. The van der Waals surface area contributed by atoms with Gasteiger partial charge in [0.15, 0.2) is 5.82 Å². The molecule has 0 N–H and O–H groups in total. The highest BCUT2D eigenvalue weighted by Crippen LogP contribution is 2.30. The van der Waals surface area contributed by atoms with E-state index in [-0.39, 0.29) is 11.8 Å². The number of fused-ring (bicyclic) bond motifs is 1. The van der Waals surface area contributed by atoms with E-state index in [1.165, 1.54) is 13.2 Å². The minimum Gasteiger partial charge on any atom is -0.479 e. The van der Waals surface area contributed by atoms with E-state index >= 15 is 0 Å². The molecule has 0 saturated carbocycles. The first-order valence-corrected chi connectivity index (χ1v) is 11.7. The number of halogens is 1. The van der Waals surface area contributed by atoms with Gasteiger partial charge in [-0.1, -0.05) is 0 Å². The molecule has 1 amide bonds. The number of hydrogen-bond donors (Lipinski definition) is 0. The SMILES string of the molecule is COc1ncc(-n2nc(-c3cnn(CCC4CCC(=O)N(C)C4)c3)c3c2CCOCC3)cc1F. The second-order valence-corrected chi connectivity index (χ2v) is 8.94. The molecule has 0 bridgehead atoms. The minimum atomic E-state index is -0.529. The summed E-state index contributed by atoms with van der Waals surface area (Å²) in [5.74, 6) is 0.143. The molecule has 34 heavy (non-hydrogen) atoms. The average Bonchev–Trinajstić information content (AvgIpc) is 3.37. The Labute approximate surface area is 197 Å². The molecule has 1 unspecified atom stereocenters. The summed E-state index contributed by atoms with van der Waals surface area (Å²) in [6.07, 6.45) is 9.35. The molecule has 180 valence electrons. The number of amides is 1. The highest BCUT2D eigenvalue weighted by Gasteiger charge is 2.25. The molecule has 2 aliphatic heterocycles. The van der Waals surface area contributed by atoms with Crippen LogP contribution >= 0.6 is 0 Å². The maximum absolute atomic E-state index is 14.4. The van der Waals surface area contributed by atoms with Crippen molar-refractivity contribution in [1.82, 2.24) is 29.4 Å². The van der Waals surface area contributed by atoms with Crippen LogP contribution in [-0.2, 0) is 28.9 Å². The molecule has 0 spiro atoms. The Hall–Kier alpha value is -3.27. The van der Waals surface area contributed by atoms with Gasteiger partial charge in [-0.3, -0.25) is 9.48 Å². The van der Waals surface area contributed by atoms with E-state index in [2.05, 4.69) is 10.1 Å². The highest BCUT2D eigenvalue weighted by molar-refractivity contribution is 5.76. The highest BCUT2D eigenvalue weighted by atomic mass is 19.1. The number of pyridine rings is 1. The lowest BCUT2D eigenvalue weighted by atomic mass is 9.95. The van der Waals surface area contributed by atoms with Gasteiger partial charge >= 0.3 is 0 Å². The Morgan fingerprint density at radius 3 is 2.88 bits per heavy atom. The number of aryl methyl sites for hydroxylation is 1. The third-order valence-corrected chi connectivity index (χ3v) is 6.70. The monoisotopic (exact) mass is 468 g/mol. The average molecular weight is 469 g/mol. The van der Waals surface area contributed by atoms with E-state index in [9.17, 15) is 9.18 Å². The molecule has 9 nitrogen and oxygen atoms in total. The molecule has 0 aromatic carbocycles. The van der Waals surface area contributed by atoms with Crippen molar-refractivity contribution in [2.75, 3.05) is 33.9 Å². The molecule has 1 atom stereocenters. The van der Waals surface area contributed by atoms with Crippen LogP contribution in [0, 0.1) is 11.7 Å². The largest absolute Gasteiger partial charge is 0.479 e. The van der Waals surface area contributed by atoms with Crippen molar-refractivity contribution in [2.24, 2.45) is 5.92 Å². The fourth-order valence-corrected chi connectivity index (χ4v) is 4.83. The van der Waals surface area contributed by atoms with E-state index in [1.54, 1.807) is 10.9 Å². The summed E-state index contributed by atoms with van der Waals surface area (Å²) >= 11 is 0. The maximum atomic E-state index is 14.4. The number of rotatable bonds is 6. The Morgan fingerprint density at radius 1 is 1.24 bits per heavy atom. The van der Waals surface area contributed by atoms with Crippen molar-refractivity contribution in [3.8, 4) is 22.8 Å². The smallest absolute Gasteiger partial charge is 0.250 e. The first kappa shape index (κ1) is 22.5. The zero-order chi connectivity index (χ0) is 23.7. The topological polar surface area (TPSA) is 87.3 Å². The van der Waals surface area contributed by atoms with Crippen LogP contribution in [0.4, 0.5) is 4.39 Å².